The van der Waals surface area contributed by atoms with Crippen molar-refractivity contribution in [2.75, 3.05) is 33.3 Å². The lowest BCUT2D eigenvalue weighted by Gasteiger charge is -2.34. The fourth-order valence-corrected chi connectivity index (χ4v) is 4.97. The van der Waals surface area contributed by atoms with E-state index in [1.807, 2.05) is 30.0 Å². The van der Waals surface area contributed by atoms with Gasteiger partial charge in [-0.1, -0.05) is 0 Å². The Bertz CT molecular complexity index is 973. The maximum Gasteiger partial charge on any atom is 0.289 e. The maximum atomic E-state index is 13.0. The van der Waals surface area contributed by atoms with Crippen LogP contribution in [0.2, 0.25) is 0 Å². The van der Waals surface area contributed by atoms with E-state index < -0.39 is 0 Å². The lowest BCUT2D eigenvalue weighted by atomic mass is 10.1. The number of halogens is 1. The molecule has 1 aliphatic heterocycles. The average molecular weight is 449 g/mol. The second-order valence-corrected chi connectivity index (χ2v) is 9.24. The number of benzene rings is 1. The third-order valence-electron chi connectivity index (χ3n) is 5.01. The lowest BCUT2D eigenvalue weighted by Crippen LogP contribution is -2.48. The van der Waals surface area contributed by atoms with E-state index in [2.05, 4.69) is 33.0 Å². The number of carbonyl (C=O) groups excluding carboxylic acids is 1. The number of carbonyl (C=O) groups is 1. The summed E-state index contributed by atoms with van der Waals surface area (Å²) < 4.78 is 12.3. The number of hydrogen-bond donors (Lipinski definition) is 0. The van der Waals surface area contributed by atoms with Gasteiger partial charge in [-0.3, -0.25) is 9.69 Å². The topological polar surface area (TPSA) is 45.9 Å². The number of aryl methyl sites for hydroxylation is 1. The first kappa shape index (κ1) is 18.5. The molecule has 1 saturated heterocycles. The lowest BCUT2D eigenvalue weighted by molar-refractivity contribution is 0.0600. The molecule has 1 aliphatic rings. The van der Waals surface area contributed by atoms with Gasteiger partial charge in [0.2, 0.25) is 0 Å². The second-order valence-electron chi connectivity index (χ2n) is 6.69. The molecule has 0 spiro atoms. The van der Waals surface area contributed by atoms with Gasteiger partial charge in [0, 0.05) is 48.6 Å². The fraction of sp³-hybridized carbons (Fsp3) is 0.350. The van der Waals surface area contributed by atoms with Crippen molar-refractivity contribution >= 4 is 44.1 Å². The molecule has 0 saturated carbocycles. The van der Waals surface area contributed by atoms with Gasteiger partial charge < -0.3 is 14.1 Å². The van der Waals surface area contributed by atoms with Crippen LogP contribution in [0.25, 0.3) is 11.0 Å². The summed E-state index contributed by atoms with van der Waals surface area (Å²) in [4.78, 5) is 18.6. The Morgan fingerprint density at radius 1 is 1.22 bits per heavy atom. The number of amides is 1. The van der Waals surface area contributed by atoms with Gasteiger partial charge in [-0.25, -0.2) is 0 Å². The summed E-state index contributed by atoms with van der Waals surface area (Å²) in [7, 11) is 1.64. The number of piperazine rings is 1. The molecule has 4 rings (SSSR count). The van der Waals surface area contributed by atoms with Crippen LogP contribution in [0.3, 0.4) is 0 Å². The maximum absolute atomic E-state index is 13.0. The van der Waals surface area contributed by atoms with E-state index in [-0.39, 0.29) is 5.91 Å². The minimum Gasteiger partial charge on any atom is -0.497 e. The molecule has 1 fully saturated rings. The van der Waals surface area contributed by atoms with Crippen molar-refractivity contribution in [3.05, 3.63) is 50.3 Å². The standard InChI is InChI=1S/C20H21BrN2O3S/c1-13-16-11-14(25-2)3-5-17(16)26-19(13)20(24)23-9-7-22(8-10-23)12-15-4-6-18(21)27-15/h3-6,11H,7-10,12H2,1-2H3. The molecule has 2 aromatic heterocycles. The summed E-state index contributed by atoms with van der Waals surface area (Å²) in [6, 6.07) is 9.86. The summed E-state index contributed by atoms with van der Waals surface area (Å²) in [5.74, 6) is 1.18. The zero-order chi connectivity index (χ0) is 19.0. The molecule has 0 atom stereocenters. The van der Waals surface area contributed by atoms with Crippen LogP contribution in [0.15, 0.2) is 38.5 Å². The third kappa shape index (κ3) is 3.77. The minimum absolute atomic E-state index is 0.0267. The number of nitrogens with zero attached hydrogens (tertiary/aromatic N) is 2. The molecule has 0 unspecified atom stereocenters. The molecule has 7 heteroatoms. The molecule has 3 heterocycles. The minimum atomic E-state index is -0.0267. The third-order valence-corrected chi connectivity index (χ3v) is 6.61. The van der Waals surface area contributed by atoms with Crippen LogP contribution in [-0.2, 0) is 6.54 Å². The highest BCUT2D eigenvalue weighted by Crippen LogP contribution is 2.30. The van der Waals surface area contributed by atoms with Crippen LogP contribution in [0.1, 0.15) is 21.0 Å². The Morgan fingerprint density at radius 3 is 2.67 bits per heavy atom. The van der Waals surface area contributed by atoms with E-state index in [9.17, 15) is 4.79 Å². The van der Waals surface area contributed by atoms with Crippen molar-refractivity contribution in [3.63, 3.8) is 0 Å². The zero-order valence-corrected chi connectivity index (χ0v) is 17.7. The molecular formula is C20H21BrN2O3S. The van der Waals surface area contributed by atoms with Crippen molar-refractivity contribution in [1.29, 1.82) is 0 Å². The van der Waals surface area contributed by atoms with Crippen LogP contribution in [-0.4, -0.2) is 49.0 Å². The van der Waals surface area contributed by atoms with Crippen molar-refractivity contribution in [1.82, 2.24) is 9.80 Å². The Hall–Kier alpha value is -1.83. The van der Waals surface area contributed by atoms with E-state index in [4.69, 9.17) is 9.15 Å². The van der Waals surface area contributed by atoms with Gasteiger partial charge in [0.1, 0.15) is 11.3 Å². The second kappa shape index (κ2) is 7.66. The smallest absolute Gasteiger partial charge is 0.289 e. The van der Waals surface area contributed by atoms with E-state index in [1.165, 1.54) is 4.88 Å². The van der Waals surface area contributed by atoms with Gasteiger partial charge in [-0.05, 0) is 53.2 Å². The fourth-order valence-electron chi connectivity index (χ4n) is 3.44. The largest absolute Gasteiger partial charge is 0.497 e. The average Bonchev–Trinajstić information content (AvgIpc) is 3.24. The first-order chi connectivity index (χ1) is 13.0. The molecule has 0 radical (unpaired) electrons. The molecule has 0 aliphatic carbocycles. The molecule has 142 valence electrons. The van der Waals surface area contributed by atoms with Crippen molar-refractivity contribution < 1.29 is 13.9 Å². The molecule has 27 heavy (non-hydrogen) atoms. The van der Waals surface area contributed by atoms with Gasteiger partial charge in [0.25, 0.3) is 5.91 Å². The number of rotatable bonds is 4. The summed E-state index contributed by atoms with van der Waals surface area (Å²) in [6.45, 7) is 6.03. The zero-order valence-electron chi connectivity index (χ0n) is 15.3. The Labute approximate surface area is 170 Å². The normalized spacial score (nSPS) is 15.4. The molecular weight excluding hydrogens is 428 g/mol. The molecule has 1 amide bonds. The summed E-state index contributed by atoms with van der Waals surface area (Å²) in [5, 5.41) is 0.930. The summed E-state index contributed by atoms with van der Waals surface area (Å²) >= 11 is 5.27. The first-order valence-corrected chi connectivity index (χ1v) is 10.5. The van der Waals surface area contributed by atoms with Crippen LogP contribution in [0, 0.1) is 6.92 Å². The highest BCUT2D eigenvalue weighted by Gasteiger charge is 2.27. The van der Waals surface area contributed by atoms with Gasteiger partial charge in [0.05, 0.1) is 10.9 Å². The van der Waals surface area contributed by atoms with E-state index in [1.54, 1.807) is 18.4 Å². The highest BCUT2D eigenvalue weighted by atomic mass is 79.9. The molecule has 5 nitrogen and oxygen atoms in total. The monoisotopic (exact) mass is 448 g/mol. The van der Waals surface area contributed by atoms with Crippen molar-refractivity contribution in [2.24, 2.45) is 0 Å². The molecule has 0 bridgehead atoms. The Morgan fingerprint density at radius 2 is 2.00 bits per heavy atom. The predicted octanol–water partition coefficient (Wildman–Crippen LogP) is 4.53. The van der Waals surface area contributed by atoms with Crippen LogP contribution >= 0.6 is 27.3 Å². The van der Waals surface area contributed by atoms with E-state index >= 15 is 0 Å². The first-order valence-electron chi connectivity index (χ1n) is 8.88. The van der Waals surface area contributed by atoms with E-state index in [0.717, 1.165) is 45.7 Å². The van der Waals surface area contributed by atoms with Crippen molar-refractivity contribution in [3.8, 4) is 5.75 Å². The number of thiophene rings is 1. The number of methoxy groups -OCH3 is 1. The SMILES string of the molecule is COc1ccc2oc(C(=O)N3CCN(Cc4ccc(Br)s4)CC3)c(C)c2c1. The predicted molar refractivity (Wildman–Crippen MR) is 111 cm³/mol. The quantitative estimate of drug-likeness (QED) is 0.587. The van der Waals surface area contributed by atoms with Gasteiger partial charge in [-0.2, -0.15) is 0 Å². The number of ether oxygens (including phenoxy) is 1. The van der Waals surface area contributed by atoms with Gasteiger partial charge in [-0.15, -0.1) is 11.3 Å². The van der Waals surface area contributed by atoms with Crippen LogP contribution in [0.5, 0.6) is 5.75 Å². The van der Waals surface area contributed by atoms with Gasteiger partial charge in [0.15, 0.2) is 5.76 Å². The number of fused-ring (bicyclic) bond motifs is 1. The molecule has 1 aromatic carbocycles. The highest BCUT2D eigenvalue weighted by molar-refractivity contribution is 9.11. The summed E-state index contributed by atoms with van der Waals surface area (Å²) in [6.07, 6.45) is 0. The van der Waals surface area contributed by atoms with Crippen LogP contribution < -0.4 is 4.74 Å². The Balaban J connectivity index is 1.44. The van der Waals surface area contributed by atoms with E-state index in [0.29, 0.717) is 18.8 Å². The number of furan rings is 1. The van der Waals surface area contributed by atoms with Crippen LogP contribution in [0.4, 0.5) is 0 Å². The van der Waals surface area contributed by atoms with Gasteiger partial charge >= 0.3 is 0 Å². The van der Waals surface area contributed by atoms with Crippen molar-refractivity contribution in [2.45, 2.75) is 13.5 Å². The summed E-state index contributed by atoms with van der Waals surface area (Å²) in [5.41, 5.74) is 1.60. The molecule has 0 N–H and O–H groups in total. The molecule has 3 aromatic rings. The Kier molecular flexibility index (Phi) is 5.25. The number of hydrogen-bond acceptors (Lipinski definition) is 5.